The molecule has 2 N–H and O–H groups in total. The van der Waals surface area contributed by atoms with Crippen molar-refractivity contribution >= 4 is 36.6 Å². The van der Waals surface area contributed by atoms with Crippen molar-refractivity contribution in [1.29, 1.82) is 0 Å². The van der Waals surface area contributed by atoms with Crippen molar-refractivity contribution in [2.24, 2.45) is 17.6 Å². The average molecular weight is 409 g/mol. The summed E-state index contributed by atoms with van der Waals surface area (Å²) in [5, 5.41) is 0. The van der Waals surface area contributed by atoms with Crippen LogP contribution in [0.1, 0.15) is 38.5 Å². The van der Waals surface area contributed by atoms with Crippen molar-refractivity contribution in [3.8, 4) is 0 Å². The second kappa shape index (κ2) is 11.3. The van der Waals surface area contributed by atoms with Crippen LogP contribution in [0.25, 0.3) is 0 Å². The van der Waals surface area contributed by atoms with Crippen molar-refractivity contribution in [2.75, 3.05) is 52.4 Å². The van der Waals surface area contributed by atoms with Crippen LogP contribution >= 0.6 is 24.8 Å². The third kappa shape index (κ3) is 5.72. The van der Waals surface area contributed by atoms with E-state index in [1.807, 2.05) is 9.80 Å². The molecule has 0 aromatic heterocycles. The molecule has 6 nitrogen and oxygen atoms in total. The quantitative estimate of drug-likeness (QED) is 0.762. The molecule has 0 unspecified atom stereocenters. The summed E-state index contributed by atoms with van der Waals surface area (Å²) < 4.78 is 0. The van der Waals surface area contributed by atoms with Crippen LogP contribution in [0.4, 0.5) is 0 Å². The number of halogens is 2. The molecule has 8 heteroatoms. The first-order valence-electron chi connectivity index (χ1n) is 9.68. The van der Waals surface area contributed by atoms with Gasteiger partial charge in [-0.05, 0) is 44.6 Å². The van der Waals surface area contributed by atoms with E-state index in [9.17, 15) is 9.59 Å². The Bertz CT molecular complexity index is 460. The largest absolute Gasteiger partial charge is 0.342 e. The van der Waals surface area contributed by atoms with Crippen molar-refractivity contribution in [2.45, 2.75) is 38.5 Å². The molecule has 0 bridgehead atoms. The lowest BCUT2D eigenvalue weighted by Gasteiger charge is -2.27. The highest BCUT2D eigenvalue weighted by Crippen LogP contribution is 2.32. The first-order valence-corrected chi connectivity index (χ1v) is 9.68. The molecule has 2 saturated heterocycles. The number of amides is 2. The summed E-state index contributed by atoms with van der Waals surface area (Å²) in [6.07, 6.45) is 6.45. The molecule has 2 heterocycles. The van der Waals surface area contributed by atoms with E-state index in [2.05, 4.69) is 4.90 Å². The third-order valence-electron chi connectivity index (χ3n) is 6.00. The van der Waals surface area contributed by atoms with Crippen molar-refractivity contribution in [1.82, 2.24) is 14.7 Å². The van der Waals surface area contributed by atoms with Gasteiger partial charge in [0.1, 0.15) is 0 Å². The third-order valence-corrected chi connectivity index (χ3v) is 6.00. The van der Waals surface area contributed by atoms with Crippen molar-refractivity contribution in [3.05, 3.63) is 0 Å². The fraction of sp³-hybridized carbons (Fsp3) is 0.889. The summed E-state index contributed by atoms with van der Waals surface area (Å²) >= 11 is 0. The van der Waals surface area contributed by atoms with Gasteiger partial charge < -0.3 is 15.5 Å². The fourth-order valence-electron chi connectivity index (χ4n) is 4.49. The first kappa shape index (κ1) is 23.5. The Balaban J connectivity index is 0.00000169. The van der Waals surface area contributed by atoms with Crippen LogP contribution < -0.4 is 5.73 Å². The molecule has 0 aromatic rings. The minimum absolute atomic E-state index is 0. The molecular weight excluding hydrogens is 375 g/mol. The van der Waals surface area contributed by atoms with E-state index in [1.165, 1.54) is 0 Å². The van der Waals surface area contributed by atoms with E-state index in [1.54, 1.807) is 0 Å². The van der Waals surface area contributed by atoms with Crippen LogP contribution in [0.5, 0.6) is 0 Å². The van der Waals surface area contributed by atoms with Gasteiger partial charge in [-0.25, -0.2) is 0 Å². The normalized spacial score (nSPS) is 26.8. The Morgan fingerprint density at radius 3 is 2.19 bits per heavy atom. The highest BCUT2D eigenvalue weighted by Gasteiger charge is 2.35. The molecule has 2 amide bonds. The maximum Gasteiger partial charge on any atom is 0.236 e. The summed E-state index contributed by atoms with van der Waals surface area (Å²) in [6.45, 7) is 6.26. The summed E-state index contributed by atoms with van der Waals surface area (Å²) in [4.78, 5) is 31.4. The van der Waals surface area contributed by atoms with Gasteiger partial charge in [0.2, 0.25) is 11.8 Å². The zero-order chi connectivity index (χ0) is 16.9. The van der Waals surface area contributed by atoms with Gasteiger partial charge in [0.15, 0.2) is 0 Å². The second-order valence-corrected chi connectivity index (χ2v) is 7.58. The lowest BCUT2D eigenvalue weighted by atomic mass is 9.94. The summed E-state index contributed by atoms with van der Waals surface area (Å²) in [5.41, 5.74) is 5.84. The molecule has 1 saturated carbocycles. The summed E-state index contributed by atoms with van der Waals surface area (Å²) in [5.74, 6) is 1.06. The van der Waals surface area contributed by atoms with Gasteiger partial charge in [-0.3, -0.25) is 14.5 Å². The van der Waals surface area contributed by atoms with Gasteiger partial charge in [-0.15, -0.1) is 24.8 Å². The first-order chi connectivity index (χ1) is 11.7. The molecule has 0 spiro atoms. The van der Waals surface area contributed by atoms with Crippen LogP contribution in [0.15, 0.2) is 0 Å². The highest BCUT2D eigenvalue weighted by atomic mass is 35.5. The number of nitrogens with two attached hydrogens (primary N) is 1. The van der Waals surface area contributed by atoms with Crippen LogP contribution in [0.3, 0.4) is 0 Å². The van der Waals surface area contributed by atoms with E-state index in [-0.39, 0.29) is 36.6 Å². The van der Waals surface area contributed by atoms with E-state index in [0.29, 0.717) is 24.9 Å². The van der Waals surface area contributed by atoms with E-state index >= 15 is 0 Å². The highest BCUT2D eigenvalue weighted by molar-refractivity contribution is 5.85. The topological polar surface area (TPSA) is 69.9 Å². The smallest absolute Gasteiger partial charge is 0.236 e. The second-order valence-electron chi connectivity index (χ2n) is 7.58. The maximum atomic E-state index is 12.8. The van der Waals surface area contributed by atoms with Gasteiger partial charge in [0.25, 0.3) is 0 Å². The van der Waals surface area contributed by atoms with Crippen LogP contribution in [0, 0.1) is 11.8 Å². The number of nitrogens with zero attached hydrogens (tertiary/aromatic N) is 3. The molecule has 26 heavy (non-hydrogen) atoms. The summed E-state index contributed by atoms with van der Waals surface area (Å²) in [6, 6.07) is 0. The standard InChI is InChI=1S/C18H32N4O2.2ClH/c19-13-15-5-3-6-16(15)18(24)22-10-4-7-20(11-12-22)14-17(23)21-8-1-2-9-21;;/h15-16H,1-14,19H2;2*1H/t15-,16-;;/m1../s1. The Hall–Kier alpha value is -0.560. The number of hydrogen-bond acceptors (Lipinski definition) is 4. The lowest BCUT2D eigenvalue weighted by molar-refractivity contribution is -0.136. The number of carbonyl (C=O) groups is 2. The van der Waals surface area contributed by atoms with Crippen LogP contribution in [-0.2, 0) is 9.59 Å². The van der Waals surface area contributed by atoms with E-state index < -0.39 is 0 Å². The maximum absolute atomic E-state index is 12.8. The van der Waals surface area contributed by atoms with Crippen LogP contribution in [-0.4, -0.2) is 78.9 Å². The zero-order valence-electron chi connectivity index (χ0n) is 15.6. The molecule has 2 atom stereocenters. The van der Waals surface area contributed by atoms with Gasteiger partial charge in [-0.1, -0.05) is 6.42 Å². The fourth-order valence-corrected chi connectivity index (χ4v) is 4.49. The zero-order valence-corrected chi connectivity index (χ0v) is 17.2. The van der Waals surface area contributed by atoms with Crippen LogP contribution in [0.2, 0.25) is 0 Å². The lowest BCUT2D eigenvalue weighted by Crippen LogP contribution is -2.43. The molecule has 3 aliphatic rings. The number of hydrogen-bond donors (Lipinski definition) is 1. The molecule has 2 aliphatic heterocycles. The van der Waals surface area contributed by atoms with Gasteiger partial charge in [-0.2, -0.15) is 0 Å². The van der Waals surface area contributed by atoms with E-state index in [0.717, 1.165) is 77.8 Å². The molecule has 1 aliphatic carbocycles. The minimum Gasteiger partial charge on any atom is -0.342 e. The van der Waals surface area contributed by atoms with Gasteiger partial charge >= 0.3 is 0 Å². The molecular formula is C18H34Cl2N4O2. The molecule has 0 aromatic carbocycles. The number of likely N-dealkylation sites (tertiary alicyclic amines) is 1. The Morgan fingerprint density at radius 1 is 0.808 bits per heavy atom. The number of rotatable bonds is 4. The van der Waals surface area contributed by atoms with Gasteiger partial charge in [0, 0.05) is 45.2 Å². The van der Waals surface area contributed by atoms with Crippen molar-refractivity contribution in [3.63, 3.8) is 0 Å². The Labute approximate surface area is 169 Å². The van der Waals surface area contributed by atoms with E-state index in [4.69, 9.17) is 5.73 Å². The summed E-state index contributed by atoms with van der Waals surface area (Å²) in [7, 11) is 0. The molecule has 3 fully saturated rings. The molecule has 152 valence electrons. The molecule has 3 rings (SSSR count). The van der Waals surface area contributed by atoms with Crippen molar-refractivity contribution < 1.29 is 9.59 Å². The minimum atomic E-state index is 0. The average Bonchev–Trinajstić information content (AvgIpc) is 3.23. The monoisotopic (exact) mass is 408 g/mol. The molecule has 0 radical (unpaired) electrons. The SMILES string of the molecule is Cl.Cl.NC[C@H]1CCC[C@H]1C(=O)N1CCCN(CC(=O)N2CCCC2)CC1. The predicted molar refractivity (Wildman–Crippen MR) is 108 cm³/mol. The predicted octanol–water partition coefficient (Wildman–Crippen LogP) is 1.36. The Kier molecular flexibility index (Phi) is 10.2. The Morgan fingerprint density at radius 2 is 1.50 bits per heavy atom. The number of carbonyl (C=O) groups excluding carboxylic acids is 2. The van der Waals surface area contributed by atoms with Gasteiger partial charge in [0.05, 0.1) is 6.54 Å².